The Kier molecular flexibility index (Phi) is 6.03. The Morgan fingerprint density at radius 1 is 1.48 bits per heavy atom. The van der Waals surface area contributed by atoms with E-state index in [-0.39, 0.29) is 11.1 Å². The minimum Gasteiger partial charge on any atom is -0.381 e. The molecule has 0 aliphatic carbocycles. The van der Waals surface area contributed by atoms with Crippen LogP contribution in [0.1, 0.15) is 31.4 Å². The summed E-state index contributed by atoms with van der Waals surface area (Å²) in [5.41, 5.74) is 0.0563. The highest BCUT2D eigenvalue weighted by Gasteiger charge is 2.42. The zero-order valence-corrected chi connectivity index (χ0v) is 14.6. The summed E-state index contributed by atoms with van der Waals surface area (Å²) in [6.45, 7) is 3.76. The van der Waals surface area contributed by atoms with Crippen molar-refractivity contribution >= 4 is 27.5 Å². The predicted molar refractivity (Wildman–Crippen MR) is 85.3 cm³/mol. The molecule has 1 atom stereocenters. The first-order chi connectivity index (χ1) is 10.1. The van der Waals surface area contributed by atoms with Crippen LogP contribution in [0.25, 0.3) is 0 Å². The first-order valence-electron chi connectivity index (χ1n) is 7.08. The van der Waals surface area contributed by atoms with Crippen LogP contribution in [-0.2, 0) is 9.47 Å². The van der Waals surface area contributed by atoms with Crippen LogP contribution in [0.2, 0.25) is 5.02 Å². The van der Waals surface area contributed by atoms with E-state index in [1.165, 1.54) is 0 Å². The molecule has 21 heavy (non-hydrogen) atoms. The molecule has 0 saturated carbocycles. The summed E-state index contributed by atoms with van der Waals surface area (Å²) in [5.74, 6) is -0.407. The van der Waals surface area contributed by atoms with Gasteiger partial charge in [0.05, 0.1) is 16.7 Å². The average molecular weight is 381 g/mol. The second-order valence-corrected chi connectivity index (χ2v) is 6.33. The van der Waals surface area contributed by atoms with Crippen LogP contribution in [0.4, 0.5) is 4.39 Å². The molecule has 0 aromatic heterocycles. The molecule has 1 fully saturated rings. The molecular weight excluding hydrogens is 361 g/mol. The molecule has 1 N–H and O–H groups in total. The van der Waals surface area contributed by atoms with Crippen molar-refractivity contribution in [3.8, 4) is 0 Å². The Hall–Kier alpha value is -0.200. The van der Waals surface area contributed by atoms with Gasteiger partial charge in [-0.2, -0.15) is 0 Å². The van der Waals surface area contributed by atoms with E-state index >= 15 is 0 Å². The standard InChI is InChI=1S/C15H20BrClFNO2/c1-3-21-15(6-8-20-9-7-15)14(19-2)10-4-5-11(16)12(17)13(10)18/h4-5,14,19H,3,6-9H2,1-2H3. The second kappa shape index (κ2) is 7.38. The van der Waals surface area contributed by atoms with Crippen molar-refractivity contribution in [2.75, 3.05) is 26.9 Å². The lowest BCUT2D eigenvalue weighted by Gasteiger charge is -2.43. The molecule has 1 heterocycles. The predicted octanol–water partition coefficient (Wildman–Crippen LogP) is 4.09. The number of rotatable bonds is 5. The molecule has 0 amide bonds. The summed E-state index contributed by atoms with van der Waals surface area (Å²) in [7, 11) is 1.82. The number of hydrogen-bond acceptors (Lipinski definition) is 3. The third-order valence-electron chi connectivity index (χ3n) is 3.96. The Labute approximate surface area is 138 Å². The van der Waals surface area contributed by atoms with Gasteiger partial charge in [0.15, 0.2) is 0 Å². The van der Waals surface area contributed by atoms with Crippen molar-refractivity contribution in [3.63, 3.8) is 0 Å². The maximum absolute atomic E-state index is 14.6. The monoisotopic (exact) mass is 379 g/mol. The molecule has 1 aliphatic rings. The maximum atomic E-state index is 14.6. The summed E-state index contributed by atoms with van der Waals surface area (Å²) >= 11 is 9.28. The van der Waals surface area contributed by atoms with Gasteiger partial charge in [-0.3, -0.25) is 0 Å². The largest absolute Gasteiger partial charge is 0.381 e. The highest BCUT2D eigenvalue weighted by molar-refractivity contribution is 9.10. The summed E-state index contributed by atoms with van der Waals surface area (Å²) in [6.07, 6.45) is 1.44. The van der Waals surface area contributed by atoms with E-state index in [1.54, 1.807) is 12.1 Å². The summed E-state index contributed by atoms with van der Waals surface area (Å²) in [6, 6.07) is 3.25. The van der Waals surface area contributed by atoms with Crippen molar-refractivity contribution < 1.29 is 13.9 Å². The molecule has 118 valence electrons. The lowest BCUT2D eigenvalue weighted by molar-refractivity contribution is -0.127. The molecule has 2 rings (SSSR count). The van der Waals surface area contributed by atoms with E-state index < -0.39 is 11.4 Å². The highest BCUT2D eigenvalue weighted by Crippen LogP contribution is 2.40. The molecule has 1 aliphatic heterocycles. The van der Waals surface area contributed by atoms with E-state index in [0.717, 1.165) is 12.8 Å². The molecule has 0 spiro atoms. The molecule has 3 nitrogen and oxygen atoms in total. The Morgan fingerprint density at radius 2 is 2.14 bits per heavy atom. The van der Waals surface area contributed by atoms with Crippen LogP contribution in [-0.4, -0.2) is 32.5 Å². The third-order valence-corrected chi connectivity index (χ3v) is 5.22. The van der Waals surface area contributed by atoms with Crippen LogP contribution in [0.15, 0.2) is 16.6 Å². The van der Waals surface area contributed by atoms with Gasteiger partial charge in [-0.25, -0.2) is 4.39 Å². The van der Waals surface area contributed by atoms with E-state index in [9.17, 15) is 4.39 Å². The fraction of sp³-hybridized carbons (Fsp3) is 0.600. The molecule has 0 radical (unpaired) electrons. The first kappa shape index (κ1) is 17.2. The molecule has 1 aromatic rings. The lowest BCUT2D eigenvalue weighted by Crippen LogP contribution is -2.49. The van der Waals surface area contributed by atoms with Crippen molar-refractivity contribution in [1.29, 1.82) is 0 Å². The van der Waals surface area contributed by atoms with Crippen LogP contribution in [0.3, 0.4) is 0 Å². The third kappa shape index (κ3) is 3.42. The fourth-order valence-electron chi connectivity index (χ4n) is 2.99. The molecule has 1 aromatic carbocycles. The van der Waals surface area contributed by atoms with Gasteiger partial charge in [0.25, 0.3) is 0 Å². The van der Waals surface area contributed by atoms with Gasteiger partial charge < -0.3 is 14.8 Å². The topological polar surface area (TPSA) is 30.5 Å². The summed E-state index contributed by atoms with van der Waals surface area (Å²) < 4.78 is 26.6. The molecule has 1 unspecified atom stereocenters. The zero-order valence-electron chi connectivity index (χ0n) is 12.2. The second-order valence-electron chi connectivity index (χ2n) is 5.10. The number of benzene rings is 1. The number of halogens is 3. The Balaban J connectivity index is 2.43. The number of likely N-dealkylation sites (N-methyl/N-ethyl adjacent to an activating group) is 1. The highest BCUT2D eigenvalue weighted by atomic mass is 79.9. The molecular formula is C15H20BrClFNO2. The van der Waals surface area contributed by atoms with Crippen LogP contribution in [0.5, 0.6) is 0 Å². The van der Waals surface area contributed by atoms with Crippen molar-refractivity contribution in [2.45, 2.75) is 31.4 Å². The van der Waals surface area contributed by atoms with E-state index in [0.29, 0.717) is 29.9 Å². The van der Waals surface area contributed by atoms with Gasteiger partial charge in [-0.1, -0.05) is 17.7 Å². The number of ether oxygens (including phenoxy) is 2. The Bertz CT molecular complexity index is 489. The van der Waals surface area contributed by atoms with Gasteiger partial charge in [0.1, 0.15) is 5.82 Å². The molecule has 6 heteroatoms. The van der Waals surface area contributed by atoms with Gasteiger partial charge in [-0.15, -0.1) is 0 Å². The smallest absolute Gasteiger partial charge is 0.147 e. The molecule has 1 saturated heterocycles. The minimum absolute atomic E-state index is 0.103. The number of nitrogens with one attached hydrogen (secondary N) is 1. The van der Waals surface area contributed by atoms with Crippen LogP contribution < -0.4 is 5.32 Å². The van der Waals surface area contributed by atoms with Gasteiger partial charge in [0, 0.05) is 42.7 Å². The minimum atomic E-state index is -0.472. The average Bonchev–Trinajstić information content (AvgIpc) is 2.49. The summed E-state index contributed by atoms with van der Waals surface area (Å²) in [4.78, 5) is 0. The van der Waals surface area contributed by atoms with Crippen molar-refractivity contribution in [2.24, 2.45) is 0 Å². The fourth-order valence-corrected chi connectivity index (χ4v) is 3.46. The van der Waals surface area contributed by atoms with Crippen molar-refractivity contribution in [1.82, 2.24) is 5.32 Å². The van der Waals surface area contributed by atoms with Gasteiger partial charge in [0.2, 0.25) is 0 Å². The van der Waals surface area contributed by atoms with E-state index in [4.69, 9.17) is 21.1 Å². The maximum Gasteiger partial charge on any atom is 0.147 e. The summed E-state index contributed by atoms with van der Waals surface area (Å²) in [5, 5.41) is 3.31. The van der Waals surface area contributed by atoms with E-state index in [1.807, 2.05) is 14.0 Å². The van der Waals surface area contributed by atoms with Crippen LogP contribution >= 0.6 is 27.5 Å². The quantitative estimate of drug-likeness (QED) is 0.781. The normalized spacial score (nSPS) is 19.5. The van der Waals surface area contributed by atoms with E-state index in [2.05, 4.69) is 21.2 Å². The number of hydrogen-bond donors (Lipinski definition) is 1. The Morgan fingerprint density at radius 3 is 2.71 bits per heavy atom. The first-order valence-corrected chi connectivity index (χ1v) is 8.25. The van der Waals surface area contributed by atoms with Crippen molar-refractivity contribution in [3.05, 3.63) is 33.0 Å². The lowest BCUT2D eigenvalue weighted by atomic mass is 9.82. The SMILES string of the molecule is CCOC1(C(NC)c2ccc(Br)c(Cl)c2F)CCOCC1. The zero-order chi connectivity index (χ0) is 15.5. The van der Waals surface area contributed by atoms with Gasteiger partial charge >= 0.3 is 0 Å². The molecule has 0 bridgehead atoms. The van der Waals surface area contributed by atoms with Gasteiger partial charge in [-0.05, 0) is 36.0 Å². The van der Waals surface area contributed by atoms with Crippen LogP contribution in [0, 0.1) is 5.82 Å².